The quantitative estimate of drug-likeness (QED) is 0.647. The van der Waals surface area contributed by atoms with Crippen molar-refractivity contribution in [1.29, 1.82) is 0 Å². The predicted molar refractivity (Wildman–Crippen MR) is 61.3 cm³/mol. The van der Waals surface area contributed by atoms with E-state index >= 15 is 0 Å². The van der Waals surface area contributed by atoms with Gasteiger partial charge in [0.2, 0.25) is 11.8 Å². The molecule has 2 heterocycles. The van der Waals surface area contributed by atoms with Crippen molar-refractivity contribution in [2.24, 2.45) is 0 Å². The largest absolute Gasteiger partial charge is 0.481 e. The number of nitrogens with two attached hydrogens (primary N) is 1. The van der Waals surface area contributed by atoms with Crippen molar-refractivity contribution in [3.63, 3.8) is 0 Å². The van der Waals surface area contributed by atoms with E-state index in [1.807, 2.05) is 12.1 Å². The number of anilines is 1. The molecule has 2 aromatic rings. The fraction of sp³-hybridized carbons (Fsp3) is 0.200. The zero-order valence-electron chi connectivity index (χ0n) is 8.71. The Kier molecular flexibility index (Phi) is 3.31. The number of hydrogen-bond acceptors (Lipinski definition) is 6. The Hall–Kier alpha value is -1.69. The second-order valence-electron chi connectivity index (χ2n) is 2.97. The Bertz CT molecular complexity index is 459. The van der Waals surface area contributed by atoms with Crippen LogP contribution in [0.15, 0.2) is 33.9 Å². The summed E-state index contributed by atoms with van der Waals surface area (Å²) in [6, 6.07) is 5.50. The van der Waals surface area contributed by atoms with Gasteiger partial charge in [0.1, 0.15) is 10.8 Å². The van der Waals surface area contributed by atoms with Gasteiger partial charge in [0.15, 0.2) is 0 Å². The van der Waals surface area contributed by atoms with Crippen LogP contribution < -0.4 is 10.5 Å². The molecule has 2 aromatic heterocycles. The summed E-state index contributed by atoms with van der Waals surface area (Å²) in [5, 5.41) is 0.765. The van der Waals surface area contributed by atoms with Crippen LogP contribution in [0.2, 0.25) is 0 Å². The first-order valence-electron chi connectivity index (χ1n) is 4.61. The summed E-state index contributed by atoms with van der Waals surface area (Å²) in [6.07, 6.45) is 1.64. The average Bonchev–Trinajstić information content (AvgIpc) is 2.78. The maximum atomic E-state index is 5.54. The molecule has 2 rings (SSSR count). The SMILES string of the molecule is COc1cc(SCc2ccco2)nc(N)n1. The highest BCUT2D eigenvalue weighted by molar-refractivity contribution is 7.98. The van der Waals surface area contributed by atoms with E-state index in [9.17, 15) is 0 Å². The Morgan fingerprint density at radius 1 is 1.50 bits per heavy atom. The Morgan fingerprint density at radius 3 is 3.06 bits per heavy atom. The van der Waals surface area contributed by atoms with E-state index in [4.69, 9.17) is 14.9 Å². The first-order chi connectivity index (χ1) is 7.78. The second-order valence-corrected chi connectivity index (χ2v) is 3.97. The van der Waals surface area contributed by atoms with E-state index < -0.39 is 0 Å². The molecule has 0 spiro atoms. The predicted octanol–water partition coefficient (Wildman–Crippen LogP) is 1.95. The van der Waals surface area contributed by atoms with Gasteiger partial charge in [-0.2, -0.15) is 4.98 Å². The van der Waals surface area contributed by atoms with E-state index in [1.165, 1.54) is 11.8 Å². The van der Waals surface area contributed by atoms with Crippen molar-refractivity contribution in [2.45, 2.75) is 10.8 Å². The fourth-order valence-corrected chi connectivity index (χ4v) is 1.94. The lowest BCUT2D eigenvalue weighted by atomic mass is 10.5. The first kappa shape index (κ1) is 10.8. The molecule has 0 aliphatic rings. The minimum Gasteiger partial charge on any atom is -0.481 e. The van der Waals surface area contributed by atoms with Crippen LogP contribution in [0, 0.1) is 0 Å². The highest BCUT2D eigenvalue weighted by atomic mass is 32.2. The molecule has 16 heavy (non-hydrogen) atoms. The second kappa shape index (κ2) is 4.89. The highest BCUT2D eigenvalue weighted by Crippen LogP contribution is 2.24. The number of methoxy groups -OCH3 is 1. The summed E-state index contributed by atoms with van der Waals surface area (Å²) in [5.74, 6) is 2.27. The number of nitrogens with zero attached hydrogens (tertiary/aromatic N) is 2. The molecule has 0 fully saturated rings. The van der Waals surface area contributed by atoms with Crippen molar-refractivity contribution in [3.05, 3.63) is 30.2 Å². The van der Waals surface area contributed by atoms with Crippen molar-refractivity contribution >= 4 is 17.7 Å². The van der Waals surface area contributed by atoms with E-state index in [0.717, 1.165) is 10.8 Å². The van der Waals surface area contributed by atoms with Crippen LogP contribution in [-0.2, 0) is 5.75 Å². The van der Waals surface area contributed by atoms with Gasteiger partial charge in [-0.25, -0.2) is 4.98 Å². The van der Waals surface area contributed by atoms with E-state index in [2.05, 4.69) is 9.97 Å². The van der Waals surface area contributed by atoms with E-state index in [-0.39, 0.29) is 5.95 Å². The number of rotatable bonds is 4. The molecule has 0 unspecified atom stereocenters. The summed E-state index contributed by atoms with van der Waals surface area (Å²) in [4.78, 5) is 7.99. The van der Waals surface area contributed by atoms with Crippen LogP contribution >= 0.6 is 11.8 Å². The van der Waals surface area contributed by atoms with Gasteiger partial charge in [0.05, 0.1) is 19.1 Å². The van der Waals surface area contributed by atoms with Crippen molar-refractivity contribution in [3.8, 4) is 5.88 Å². The van der Waals surface area contributed by atoms with Crippen LogP contribution in [0.1, 0.15) is 5.76 Å². The van der Waals surface area contributed by atoms with Crippen LogP contribution in [0.5, 0.6) is 5.88 Å². The zero-order chi connectivity index (χ0) is 11.4. The molecule has 0 amide bonds. The molecule has 0 saturated carbocycles. The zero-order valence-corrected chi connectivity index (χ0v) is 9.53. The van der Waals surface area contributed by atoms with Gasteiger partial charge < -0.3 is 14.9 Å². The van der Waals surface area contributed by atoms with Gasteiger partial charge in [-0.15, -0.1) is 0 Å². The van der Waals surface area contributed by atoms with Gasteiger partial charge in [-0.1, -0.05) is 11.8 Å². The maximum Gasteiger partial charge on any atom is 0.224 e. The number of aromatic nitrogens is 2. The summed E-state index contributed by atoms with van der Waals surface area (Å²) < 4.78 is 10.2. The third kappa shape index (κ3) is 2.66. The standard InChI is InChI=1S/C10H11N3O2S/c1-14-8-5-9(13-10(11)12-8)16-6-7-3-2-4-15-7/h2-5H,6H2,1H3,(H2,11,12,13). The summed E-state index contributed by atoms with van der Waals surface area (Å²) >= 11 is 1.52. The Morgan fingerprint density at radius 2 is 2.38 bits per heavy atom. The number of nitrogen functional groups attached to an aromatic ring is 1. The van der Waals surface area contributed by atoms with Crippen LogP contribution in [-0.4, -0.2) is 17.1 Å². The molecule has 0 atom stereocenters. The molecule has 6 heteroatoms. The van der Waals surface area contributed by atoms with Crippen molar-refractivity contribution in [2.75, 3.05) is 12.8 Å². The van der Waals surface area contributed by atoms with E-state index in [0.29, 0.717) is 11.6 Å². The van der Waals surface area contributed by atoms with Gasteiger partial charge >= 0.3 is 0 Å². The minimum atomic E-state index is 0.210. The molecule has 0 aliphatic carbocycles. The Balaban J connectivity index is 2.06. The lowest BCUT2D eigenvalue weighted by Crippen LogP contribution is -1.98. The fourth-order valence-electron chi connectivity index (χ4n) is 1.14. The third-order valence-corrected chi connectivity index (χ3v) is 2.78. The minimum absolute atomic E-state index is 0.210. The van der Waals surface area contributed by atoms with Gasteiger partial charge in [0, 0.05) is 6.07 Å². The maximum absolute atomic E-state index is 5.54. The molecule has 0 aliphatic heterocycles. The van der Waals surface area contributed by atoms with Crippen LogP contribution in [0.3, 0.4) is 0 Å². The van der Waals surface area contributed by atoms with Crippen LogP contribution in [0.25, 0.3) is 0 Å². The Labute approximate surface area is 97.0 Å². The first-order valence-corrected chi connectivity index (χ1v) is 5.60. The molecule has 0 aromatic carbocycles. The topological polar surface area (TPSA) is 74.2 Å². The van der Waals surface area contributed by atoms with Crippen molar-refractivity contribution < 1.29 is 9.15 Å². The normalized spacial score (nSPS) is 10.3. The van der Waals surface area contributed by atoms with Crippen LogP contribution in [0.4, 0.5) is 5.95 Å². The molecule has 2 N–H and O–H groups in total. The highest BCUT2D eigenvalue weighted by Gasteiger charge is 2.04. The number of ether oxygens (including phenoxy) is 1. The summed E-state index contributed by atoms with van der Waals surface area (Å²) in [5.41, 5.74) is 5.54. The third-order valence-electron chi connectivity index (χ3n) is 1.85. The van der Waals surface area contributed by atoms with E-state index in [1.54, 1.807) is 19.4 Å². The molecule has 0 radical (unpaired) electrons. The molecule has 0 saturated heterocycles. The number of hydrogen-bond donors (Lipinski definition) is 1. The molecule has 5 nitrogen and oxygen atoms in total. The van der Waals surface area contributed by atoms with Gasteiger partial charge in [0.25, 0.3) is 0 Å². The number of thioether (sulfide) groups is 1. The van der Waals surface area contributed by atoms with Gasteiger partial charge in [-0.3, -0.25) is 0 Å². The monoisotopic (exact) mass is 237 g/mol. The van der Waals surface area contributed by atoms with Gasteiger partial charge in [-0.05, 0) is 12.1 Å². The number of furan rings is 1. The van der Waals surface area contributed by atoms with Crippen molar-refractivity contribution in [1.82, 2.24) is 9.97 Å². The lowest BCUT2D eigenvalue weighted by molar-refractivity contribution is 0.396. The summed E-state index contributed by atoms with van der Waals surface area (Å²) in [7, 11) is 1.54. The molecular formula is C10H11N3O2S. The average molecular weight is 237 g/mol. The smallest absolute Gasteiger partial charge is 0.224 e. The lowest BCUT2D eigenvalue weighted by Gasteiger charge is -2.03. The summed E-state index contributed by atoms with van der Waals surface area (Å²) in [6.45, 7) is 0. The molecule has 84 valence electrons. The molecular weight excluding hydrogens is 226 g/mol. The molecule has 0 bridgehead atoms.